The molecule has 11 aromatic rings. The number of hydrogen-bond donors (Lipinski definition) is 0. The van der Waals surface area contributed by atoms with E-state index < -0.39 is 0 Å². The van der Waals surface area contributed by atoms with Gasteiger partial charge < -0.3 is 9.32 Å². The molecule has 0 bridgehead atoms. The highest BCUT2D eigenvalue weighted by atomic mass is 16.3. The second-order valence-electron chi connectivity index (χ2n) is 19.2. The Hall–Kier alpha value is -7.94. The van der Waals surface area contributed by atoms with E-state index >= 15 is 0 Å². The number of benzene rings is 10. The van der Waals surface area contributed by atoms with Gasteiger partial charge in [0.1, 0.15) is 11.2 Å². The lowest BCUT2D eigenvalue weighted by molar-refractivity contribution is 0.660. The standard InChI is InChI=1S/C64H47NO/c1-63(2)56-27-14-12-23-49(56)51-34-31-43(38-58(51)63)65(44-32-35-52-50-24-13-15-28-57(50)64(3,4)59(52)39-44)42-30-33-48(47-22-11-10-20-45(47)40-17-6-5-7-18-40)55(37-42)53-25-16-26-54-61-46-21-9-8-19-41(46)29-36-60(61)66-62(53)54/h5-39H,1-4H3. The predicted octanol–water partition coefficient (Wildman–Crippen LogP) is 17.8. The third kappa shape index (κ3) is 5.61. The molecule has 0 saturated heterocycles. The van der Waals surface area contributed by atoms with Crippen molar-refractivity contribution in [2.24, 2.45) is 0 Å². The fourth-order valence-electron chi connectivity index (χ4n) is 11.6. The van der Waals surface area contributed by atoms with Crippen LogP contribution in [0.3, 0.4) is 0 Å². The van der Waals surface area contributed by atoms with Gasteiger partial charge in [-0.25, -0.2) is 0 Å². The van der Waals surface area contributed by atoms with Crippen LogP contribution in [-0.2, 0) is 10.8 Å². The zero-order valence-electron chi connectivity index (χ0n) is 37.6. The third-order valence-corrected chi connectivity index (χ3v) is 14.9. The van der Waals surface area contributed by atoms with Crippen LogP contribution in [0.4, 0.5) is 17.1 Å². The molecular formula is C64H47NO. The van der Waals surface area contributed by atoms with Crippen molar-refractivity contribution in [3.05, 3.63) is 235 Å². The molecule has 2 heteroatoms. The SMILES string of the molecule is CC1(C)c2ccccc2-c2ccc(N(c3ccc(-c4ccccc4-c4ccccc4)c(-c4cccc5c4oc4ccc6ccccc6c45)c3)c3ccc4c(c3)C(C)(C)c3ccccc3-4)cc21. The molecule has 314 valence electrons. The number of para-hydroxylation sites is 1. The van der Waals surface area contributed by atoms with E-state index in [1.807, 2.05) is 0 Å². The first-order valence-electron chi connectivity index (χ1n) is 23.2. The molecule has 13 rings (SSSR count). The van der Waals surface area contributed by atoms with Gasteiger partial charge in [-0.2, -0.15) is 0 Å². The van der Waals surface area contributed by atoms with E-state index in [9.17, 15) is 0 Å². The van der Waals surface area contributed by atoms with E-state index in [0.717, 1.165) is 55.7 Å². The summed E-state index contributed by atoms with van der Waals surface area (Å²) < 4.78 is 7.02. The van der Waals surface area contributed by atoms with Crippen molar-refractivity contribution >= 4 is 49.8 Å². The molecule has 66 heavy (non-hydrogen) atoms. The summed E-state index contributed by atoms with van der Waals surface area (Å²) in [6, 6.07) is 78.4. The van der Waals surface area contributed by atoms with E-state index in [0.29, 0.717) is 0 Å². The van der Waals surface area contributed by atoms with Gasteiger partial charge in [-0.15, -0.1) is 0 Å². The number of nitrogens with zero attached hydrogens (tertiary/aromatic N) is 1. The molecule has 0 unspecified atom stereocenters. The largest absolute Gasteiger partial charge is 0.455 e. The molecule has 0 saturated carbocycles. The van der Waals surface area contributed by atoms with Gasteiger partial charge in [-0.3, -0.25) is 0 Å². The number of rotatable bonds is 6. The van der Waals surface area contributed by atoms with Gasteiger partial charge in [-0.05, 0) is 126 Å². The predicted molar refractivity (Wildman–Crippen MR) is 277 cm³/mol. The second kappa shape index (κ2) is 14.3. The zero-order valence-corrected chi connectivity index (χ0v) is 37.6. The molecule has 1 aromatic heterocycles. The van der Waals surface area contributed by atoms with Gasteiger partial charge in [0.2, 0.25) is 0 Å². The van der Waals surface area contributed by atoms with Crippen molar-refractivity contribution in [1.82, 2.24) is 0 Å². The van der Waals surface area contributed by atoms with E-state index in [-0.39, 0.29) is 10.8 Å². The van der Waals surface area contributed by atoms with Gasteiger partial charge in [-0.1, -0.05) is 198 Å². The van der Waals surface area contributed by atoms with E-state index in [4.69, 9.17) is 4.42 Å². The molecule has 2 aliphatic rings. The quantitative estimate of drug-likeness (QED) is 0.166. The summed E-state index contributed by atoms with van der Waals surface area (Å²) in [5, 5.41) is 4.67. The van der Waals surface area contributed by atoms with Crippen LogP contribution in [0.2, 0.25) is 0 Å². The number of hydrogen-bond acceptors (Lipinski definition) is 2. The Balaban J connectivity index is 1.08. The van der Waals surface area contributed by atoms with Crippen LogP contribution in [0.1, 0.15) is 49.9 Å². The van der Waals surface area contributed by atoms with Crippen molar-refractivity contribution in [3.63, 3.8) is 0 Å². The summed E-state index contributed by atoms with van der Waals surface area (Å²) in [6.45, 7) is 9.48. The number of fused-ring (bicyclic) bond motifs is 11. The fraction of sp³-hybridized carbons (Fsp3) is 0.0938. The van der Waals surface area contributed by atoms with Crippen LogP contribution in [0.5, 0.6) is 0 Å². The average Bonchev–Trinajstić information content (AvgIpc) is 3.94. The lowest BCUT2D eigenvalue weighted by atomic mass is 9.82. The molecule has 0 spiro atoms. The second-order valence-corrected chi connectivity index (χ2v) is 19.2. The maximum atomic E-state index is 7.02. The molecule has 2 nitrogen and oxygen atoms in total. The van der Waals surface area contributed by atoms with Gasteiger partial charge in [0.25, 0.3) is 0 Å². The zero-order chi connectivity index (χ0) is 44.3. The number of anilines is 3. The highest BCUT2D eigenvalue weighted by Crippen LogP contribution is 2.54. The van der Waals surface area contributed by atoms with Crippen LogP contribution in [-0.4, -0.2) is 0 Å². The molecular weight excluding hydrogens is 799 g/mol. The summed E-state index contributed by atoms with van der Waals surface area (Å²) in [5.41, 5.74) is 22.3. The lowest BCUT2D eigenvalue weighted by Crippen LogP contribution is -2.18. The smallest absolute Gasteiger partial charge is 0.143 e. The van der Waals surface area contributed by atoms with E-state index in [2.05, 4.69) is 245 Å². The summed E-state index contributed by atoms with van der Waals surface area (Å²) in [6.07, 6.45) is 0. The topological polar surface area (TPSA) is 16.4 Å². The first-order valence-corrected chi connectivity index (χ1v) is 23.2. The maximum absolute atomic E-state index is 7.02. The highest BCUT2D eigenvalue weighted by molar-refractivity contribution is 6.21. The molecule has 0 fully saturated rings. The molecule has 0 aliphatic heterocycles. The van der Waals surface area contributed by atoms with Gasteiger partial charge >= 0.3 is 0 Å². The van der Waals surface area contributed by atoms with Crippen molar-refractivity contribution in [2.45, 2.75) is 38.5 Å². The van der Waals surface area contributed by atoms with Crippen molar-refractivity contribution in [3.8, 4) is 55.6 Å². The third-order valence-electron chi connectivity index (χ3n) is 14.9. The molecule has 0 amide bonds. The molecule has 2 aliphatic carbocycles. The Morgan fingerprint density at radius 2 is 0.818 bits per heavy atom. The fourth-order valence-corrected chi connectivity index (χ4v) is 11.6. The van der Waals surface area contributed by atoms with Crippen LogP contribution >= 0.6 is 0 Å². The van der Waals surface area contributed by atoms with Crippen LogP contribution in [0.15, 0.2) is 217 Å². The molecule has 0 atom stereocenters. The van der Waals surface area contributed by atoms with Crippen LogP contribution in [0, 0.1) is 0 Å². The normalized spacial score (nSPS) is 14.0. The molecule has 0 radical (unpaired) electrons. The highest BCUT2D eigenvalue weighted by Gasteiger charge is 2.38. The van der Waals surface area contributed by atoms with Crippen molar-refractivity contribution in [1.29, 1.82) is 0 Å². The Morgan fingerprint density at radius 1 is 0.333 bits per heavy atom. The molecule has 0 N–H and O–H groups in total. The van der Waals surface area contributed by atoms with Gasteiger partial charge in [0.05, 0.1) is 0 Å². The minimum atomic E-state index is -0.160. The Bertz CT molecular complexity index is 3670. The van der Waals surface area contributed by atoms with Gasteiger partial charge in [0.15, 0.2) is 0 Å². The van der Waals surface area contributed by atoms with Crippen LogP contribution in [0.25, 0.3) is 88.3 Å². The Kier molecular flexibility index (Phi) is 8.33. The summed E-state index contributed by atoms with van der Waals surface area (Å²) in [5.74, 6) is 0. The lowest BCUT2D eigenvalue weighted by Gasteiger charge is -2.30. The first-order chi connectivity index (χ1) is 32.3. The Morgan fingerprint density at radius 3 is 1.48 bits per heavy atom. The Labute approximate surface area is 386 Å². The first kappa shape index (κ1) is 38.5. The maximum Gasteiger partial charge on any atom is 0.143 e. The van der Waals surface area contributed by atoms with Crippen LogP contribution < -0.4 is 4.90 Å². The minimum absolute atomic E-state index is 0.160. The monoisotopic (exact) mass is 845 g/mol. The van der Waals surface area contributed by atoms with E-state index in [1.54, 1.807) is 0 Å². The summed E-state index contributed by atoms with van der Waals surface area (Å²) in [7, 11) is 0. The molecule has 1 heterocycles. The van der Waals surface area contributed by atoms with E-state index in [1.165, 1.54) is 72.0 Å². The summed E-state index contributed by atoms with van der Waals surface area (Å²) in [4.78, 5) is 2.49. The summed E-state index contributed by atoms with van der Waals surface area (Å²) >= 11 is 0. The number of furan rings is 1. The van der Waals surface area contributed by atoms with Crippen molar-refractivity contribution < 1.29 is 4.42 Å². The van der Waals surface area contributed by atoms with Gasteiger partial charge in [0, 0.05) is 44.2 Å². The molecule has 10 aromatic carbocycles. The minimum Gasteiger partial charge on any atom is -0.455 e. The average molecular weight is 846 g/mol. The van der Waals surface area contributed by atoms with Crippen molar-refractivity contribution in [2.75, 3.05) is 4.90 Å².